The summed E-state index contributed by atoms with van der Waals surface area (Å²) in [5.41, 5.74) is 10.8. The van der Waals surface area contributed by atoms with Gasteiger partial charge in [0.2, 0.25) is 5.95 Å². The molecule has 0 saturated carbocycles. The van der Waals surface area contributed by atoms with E-state index in [1.165, 1.54) is 0 Å². The number of fused-ring (bicyclic) bond motifs is 1. The van der Waals surface area contributed by atoms with Crippen LogP contribution in [0.15, 0.2) is 42.5 Å². The number of benzene rings is 2. The van der Waals surface area contributed by atoms with E-state index in [4.69, 9.17) is 21.6 Å². The first-order valence-corrected chi connectivity index (χ1v) is 7.31. The lowest BCUT2D eigenvalue weighted by Gasteiger charge is -2.11. The smallest absolute Gasteiger partial charge is 0.222 e. The molecule has 0 radical (unpaired) electrons. The molecule has 0 aliphatic carbocycles. The van der Waals surface area contributed by atoms with Gasteiger partial charge >= 0.3 is 0 Å². The topological polar surface area (TPSA) is 123 Å². The quantitative estimate of drug-likeness (QED) is 0.498. The maximum atomic E-state index is 8.86. The number of ether oxygens (including phenoxy) is 1. The normalized spacial score (nSPS) is 11.7. The molecule has 2 aromatic carbocycles. The molecule has 3 aromatic rings. The number of aromatic nitrogens is 2. The molecule has 24 heavy (non-hydrogen) atoms. The molecule has 0 fully saturated rings. The number of nitrogens with zero attached hydrogens (tertiary/aromatic N) is 3. The average Bonchev–Trinajstić information content (AvgIpc) is 2.60. The van der Waals surface area contributed by atoms with Crippen molar-refractivity contribution < 1.29 is 4.74 Å². The van der Waals surface area contributed by atoms with Crippen LogP contribution in [0.3, 0.4) is 0 Å². The lowest BCUT2D eigenvalue weighted by molar-refractivity contribution is 0.276. The van der Waals surface area contributed by atoms with Crippen LogP contribution in [0.1, 0.15) is 6.92 Å². The Morgan fingerprint density at radius 3 is 2.71 bits per heavy atom. The van der Waals surface area contributed by atoms with Gasteiger partial charge in [-0.3, -0.25) is 0 Å². The van der Waals surface area contributed by atoms with Crippen LogP contribution in [0.25, 0.3) is 22.0 Å². The van der Waals surface area contributed by atoms with E-state index in [9.17, 15) is 0 Å². The molecule has 0 saturated heterocycles. The molecule has 7 heteroatoms. The van der Waals surface area contributed by atoms with E-state index in [1.807, 2.05) is 48.5 Å². The van der Waals surface area contributed by atoms with Gasteiger partial charge in [-0.25, -0.2) is 10.8 Å². The van der Waals surface area contributed by atoms with Crippen LogP contribution in [0, 0.1) is 11.3 Å². The second kappa shape index (κ2) is 6.40. The number of hydrazine groups is 1. The lowest BCUT2D eigenvalue weighted by atomic mass is 10.0. The summed E-state index contributed by atoms with van der Waals surface area (Å²) in [5.74, 6) is 6.77. The third-order valence-corrected chi connectivity index (χ3v) is 3.51. The second-order valence-electron chi connectivity index (χ2n) is 5.22. The van der Waals surface area contributed by atoms with E-state index in [-0.39, 0.29) is 5.95 Å². The molecule has 3 rings (SSSR count). The van der Waals surface area contributed by atoms with Gasteiger partial charge in [-0.1, -0.05) is 18.2 Å². The van der Waals surface area contributed by atoms with Gasteiger partial charge in [0.15, 0.2) is 11.9 Å². The molecule has 0 aliphatic heterocycles. The van der Waals surface area contributed by atoms with Crippen molar-refractivity contribution in [3.63, 3.8) is 0 Å². The molecule has 0 spiro atoms. The van der Waals surface area contributed by atoms with Gasteiger partial charge in [0, 0.05) is 5.39 Å². The Hall–Kier alpha value is -3.37. The van der Waals surface area contributed by atoms with Gasteiger partial charge in [0.05, 0.1) is 5.52 Å². The van der Waals surface area contributed by atoms with Crippen LogP contribution in [0.4, 0.5) is 11.8 Å². The number of nitrogens with two attached hydrogens (primary N) is 2. The van der Waals surface area contributed by atoms with E-state index >= 15 is 0 Å². The van der Waals surface area contributed by atoms with Gasteiger partial charge in [0.1, 0.15) is 11.8 Å². The van der Waals surface area contributed by atoms with Crippen molar-refractivity contribution in [3.05, 3.63) is 42.5 Å². The van der Waals surface area contributed by atoms with Gasteiger partial charge in [-0.15, -0.1) is 0 Å². The molecule has 0 amide bonds. The van der Waals surface area contributed by atoms with E-state index in [2.05, 4.69) is 15.4 Å². The molecular formula is C17H16N6O. The molecule has 0 aliphatic rings. The van der Waals surface area contributed by atoms with Crippen LogP contribution >= 0.6 is 0 Å². The van der Waals surface area contributed by atoms with Crippen LogP contribution in [-0.4, -0.2) is 16.1 Å². The molecule has 0 bridgehead atoms. The van der Waals surface area contributed by atoms with Gasteiger partial charge < -0.3 is 15.9 Å². The Balaban J connectivity index is 2.05. The summed E-state index contributed by atoms with van der Waals surface area (Å²) in [4.78, 5) is 8.29. The number of nitriles is 1. The number of rotatable bonds is 4. The standard InChI is InChI=1S/C17H16N6O/c1-10(9-18)24-13-4-2-3-11(7-13)12-5-6-15-14(8-12)16(23-20)22-17(19)21-15/h2-8,10H,20H2,1H3,(H3,19,21,22,23). The van der Waals surface area contributed by atoms with E-state index in [0.29, 0.717) is 17.1 Å². The van der Waals surface area contributed by atoms with Crippen molar-refractivity contribution in [3.8, 4) is 22.9 Å². The summed E-state index contributed by atoms with van der Waals surface area (Å²) in [6.45, 7) is 1.70. The fourth-order valence-electron chi connectivity index (χ4n) is 2.42. The Bertz CT molecular complexity index is 934. The Morgan fingerprint density at radius 1 is 1.17 bits per heavy atom. The van der Waals surface area contributed by atoms with Crippen molar-refractivity contribution in [1.29, 1.82) is 5.26 Å². The second-order valence-corrected chi connectivity index (χ2v) is 5.22. The van der Waals surface area contributed by atoms with Crippen molar-refractivity contribution in [2.45, 2.75) is 13.0 Å². The summed E-state index contributed by atoms with van der Waals surface area (Å²) in [6.07, 6.45) is -0.513. The number of nitrogen functional groups attached to an aromatic ring is 2. The maximum absolute atomic E-state index is 8.86. The zero-order chi connectivity index (χ0) is 17.1. The van der Waals surface area contributed by atoms with Crippen LogP contribution in [0.5, 0.6) is 5.75 Å². The molecule has 1 aromatic heterocycles. The minimum Gasteiger partial charge on any atom is -0.476 e. The van der Waals surface area contributed by atoms with Crippen LogP contribution in [-0.2, 0) is 0 Å². The summed E-state index contributed by atoms with van der Waals surface area (Å²) < 4.78 is 5.54. The van der Waals surface area contributed by atoms with Crippen molar-refractivity contribution in [1.82, 2.24) is 9.97 Å². The summed E-state index contributed by atoms with van der Waals surface area (Å²) in [7, 11) is 0. The predicted molar refractivity (Wildman–Crippen MR) is 92.9 cm³/mol. The molecule has 1 atom stereocenters. The zero-order valence-electron chi connectivity index (χ0n) is 13.0. The van der Waals surface area contributed by atoms with Crippen LogP contribution < -0.4 is 21.7 Å². The Labute approximate surface area is 138 Å². The molecule has 1 heterocycles. The minimum absolute atomic E-state index is 0.157. The van der Waals surface area contributed by atoms with Crippen molar-refractivity contribution in [2.24, 2.45) is 5.84 Å². The lowest BCUT2D eigenvalue weighted by Crippen LogP contribution is -2.11. The number of nitrogens with one attached hydrogen (secondary N) is 1. The molecule has 120 valence electrons. The van der Waals surface area contributed by atoms with Crippen LogP contribution in [0.2, 0.25) is 0 Å². The highest BCUT2D eigenvalue weighted by molar-refractivity contribution is 5.93. The first kappa shape index (κ1) is 15.5. The van der Waals surface area contributed by atoms with Gasteiger partial charge in [-0.2, -0.15) is 10.2 Å². The summed E-state index contributed by atoms with van der Waals surface area (Å²) in [6, 6.07) is 15.3. The fourth-order valence-corrected chi connectivity index (χ4v) is 2.42. The number of hydrogen-bond acceptors (Lipinski definition) is 7. The summed E-state index contributed by atoms with van der Waals surface area (Å²) in [5, 5.41) is 9.63. The van der Waals surface area contributed by atoms with E-state index in [1.54, 1.807) is 6.92 Å². The zero-order valence-corrected chi connectivity index (χ0v) is 13.0. The number of hydrogen-bond donors (Lipinski definition) is 3. The summed E-state index contributed by atoms with van der Waals surface area (Å²) >= 11 is 0. The van der Waals surface area contributed by atoms with E-state index in [0.717, 1.165) is 16.5 Å². The molecular weight excluding hydrogens is 304 g/mol. The first-order chi connectivity index (χ1) is 11.6. The van der Waals surface area contributed by atoms with E-state index < -0.39 is 6.10 Å². The molecule has 7 nitrogen and oxygen atoms in total. The third kappa shape index (κ3) is 3.04. The highest BCUT2D eigenvalue weighted by atomic mass is 16.5. The predicted octanol–water partition coefficient (Wildman–Crippen LogP) is 2.46. The monoisotopic (exact) mass is 320 g/mol. The van der Waals surface area contributed by atoms with Gasteiger partial charge in [-0.05, 0) is 42.3 Å². The largest absolute Gasteiger partial charge is 0.476 e. The minimum atomic E-state index is -0.513. The maximum Gasteiger partial charge on any atom is 0.222 e. The fraction of sp³-hybridized carbons (Fsp3) is 0.118. The van der Waals surface area contributed by atoms with Crippen molar-refractivity contribution in [2.75, 3.05) is 11.2 Å². The highest BCUT2D eigenvalue weighted by Gasteiger charge is 2.09. The van der Waals surface area contributed by atoms with Gasteiger partial charge in [0.25, 0.3) is 0 Å². The average molecular weight is 320 g/mol. The van der Waals surface area contributed by atoms with Crippen molar-refractivity contribution >= 4 is 22.7 Å². The first-order valence-electron chi connectivity index (χ1n) is 7.31. The Kier molecular flexibility index (Phi) is 4.14. The Morgan fingerprint density at radius 2 is 1.96 bits per heavy atom. The molecule has 5 N–H and O–H groups in total. The molecule has 1 unspecified atom stereocenters. The third-order valence-electron chi connectivity index (χ3n) is 3.51. The highest BCUT2D eigenvalue weighted by Crippen LogP contribution is 2.29. The SMILES string of the molecule is CC(C#N)Oc1cccc(-c2ccc3nc(N)nc(NN)c3c2)c1. The number of anilines is 2.